The fraction of sp³-hybridized carbons (Fsp3) is 0.611. The Kier molecular flexibility index (Phi) is 8.12. The van der Waals surface area contributed by atoms with Crippen LogP contribution in [0.25, 0.3) is 0 Å². The maximum absolute atomic E-state index is 12.5. The van der Waals surface area contributed by atoms with Gasteiger partial charge >= 0.3 is 5.97 Å². The van der Waals surface area contributed by atoms with E-state index in [9.17, 15) is 9.59 Å². The van der Waals surface area contributed by atoms with Gasteiger partial charge < -0.3 is 15.0 Å². The van der Waals surface area contributed by atoms with Crippen molar-refractivity contribution in [3.05, 3.63) is 24.5 Å². The second-order valence-electron chi connectivity index (χ2n) is 6.61. The number of esters is 1. The molecule has 1 amide bonds. The number of carbonyl (C=O) groups excluding carboxylic acids is 2. The maximum atomic E-state index is 12.5. The Balaban J connectivity index is 0.00000243. The number of amides is 1. The van der Waals surface area contributed by atoms with Crippen LogP contribution in [0, 0.1) is 0 Å². The van der Waals surface area contributed by atoms with Crippen molar-refractivity contribution in [1.82, 2.24) is 15.2 Å². The van der Waals surface area contributed by atoms with E-state index in [1.165, 1.54) is 6.42 Å². The second kappa shape index (κ2) is 10.3. The summed E-state index contributed by atoms with van der Waals surface area (Å²) in [6.45, 7) is 2.96. The van der Waals surface area contributed by atoms with Gasteiger partial charge in [-0.25, -0.2) is 4.79 Å². The normalized spacial score (nSPS) is 19.9. The first-order valence-electron chi connectivity index (χ1n) is 9.07. The fourth-order valence-corrected chi connectivity index (χ4v) is 3.59. The van der Waals surface area contributed by atoms with Crippen LogP contribution >= 0.6 is 12.4 Å². The van der Waals surface area contributed by atoms with E-state index in [0.717, 1.165) is 44.5 Å². The number of hydrogen-bond acceptors (Lipinski definition) is 6. The van der Waals surface area contributed by atoms with E-state index < -0.39 is 6.17 Å². The van der Waals surface area contributed by atoms with E-state index in [2.05, 4.69) is 15.2 Å². The summed E-state index contributed by atoms with van der Waals surface area (Å²) in [5.74, 6) is -0.337. The molecule has 1 atom stereocenters. The highest BCUT2D eigenvalue weighted by atomic mass is 35.5. The smallest absolute Gasteiger partial charge is 0.344 e. The third-order valence-electron chi connectivity index (χ3n) is 4.99. The summed E-state index contributed by atoms with van der Waals surface area (Å²) >= 11 is 0. The van der Waals surface area contributed by atoms with Crippen LogP contribution in [-0.4, -0.2) is 60.7 Å². The molecule has 1 unspecified atom stereocenters. The number of hydrogen-bond donors (Lipinski definition) is 1. The van der Waals surface area contributed by atoms with Gasteiger partial charge in [0.05, 0.1) is 0 Å². The predicted molar refractivity (Wildman–Crippen MR) is 101 cm³/mol. The van der Waals surface area contributed by atoms with Gasteiger partial charge in [-0.1, -0.05) is 6.42 Å². The number of piperazine rings is 1. The number of halogens is 1. The van der Waals surface area contributed by atoms with E-state index >= 15 is 0 Å². The largest absolute Gasteiger partial charge is 0.460 e. The van der Waals surface area contributed by atoms with E-state index in [0.29, 0.717) is 19.5 Å². The quantitative estimate of drug-likeness (QED) is 0.594. The van der Waals surface area contributed by atoms with Crippen molar-refractivity contribution in [1.29, 1.82) is 0 Å². The van der Waals surface area contributed by atoms with Crippen LogP contribution in [0.5, 0.6) is 0 Å². The van der Waals surface area contributed by atoms with Gasteiger partial charge in [-0.05, 0) is 37.8 Å². The molecule has 0 radical (unpaired) electrons. The zero-order valence-corrected chi connectivity index (χ0v) is 15.7. The highest BCUT2D eigenvalue weighted by molar-refractivity contribution is 5.85. The fourth-order valence-electron chi connectivity index (χ4n) is 3.59. The van der Waals surface area contributed by atoms with Crippen molar-refractivity contribution < 1.29 is 14.3 Å². The Labute approximate surface area is 160 Å². The first-order chi connectivity index (χ1) is 12.3. The lowest BCUT2D eigenvalue weighted by atomic mass is 9.98. The molecule has 0 aromatic carbocycles. The van der Waals surface area contributed by atoms with E-state index in [1.54, 1.807) is 12.4 Å². The highest BCUT2D eigenvalue weighted by Crippen LogP contribution is 2.21. The Morgan fingerprint density at radius 1 is 1.15 bits per heavy atom. The lowest BCUT2D eigenvalue weighted by molar-refractivity contribution is -0.159. The van der Waals surface area contributed by atoms with Gasteiger partial charge in [0.1, 0.15) is 6.10 Å². The first kappa shape index (κ1) is 20.5. The van der Waals surface area contributed by atoms with Crippen LogP contribution in [0.4, 0.5) is 5.69 Å². The van der Waals surface area contributed by atoms with Crippen LogP contribution in [0.2, 0.25) is 0 Å². The Bertz CT molecular complexity index is 561. The Hall–Kier alpha value is -1.86. The van der Waals surface area contributed by atoms with Gasteiger partial charge in [0.2, 0.25) is 6.41 Å². The molecule has 0 bridgehead atoms. The van der Waals surface area contributed by atoms with Crippen molar-refractivity contribution in [2.75, 3.05) is 31.1 Å². The van der Waals surface area contributed by atoms with Crippen LogP contribution in [-0.2, 0) is 14.3 Å². The van der Waals surface area contributed by atoms with Crippen LogP contribution in [0.1, 0.15) is 32.1 Å². The van der Waals surface area contributed by atoms with Crippen molar-refractivity contribution in [3.8, 4) is 0 Å². The first-order valence-corrected chi connectivity index (χ1v) is 9.07. The highest BCUT2D eigenvalue weighted by Gasteiger charge is 2.31. The van der Waals surface area contributed by atoms with Gasteiger partial charge in [0.25, 0.3) is 0 Å². The Morgan fingerprint density at radius 2 is 1.81 bits per heavy atom. The standard InChI is InChI=1S/C18H26N4O3.ClH/c23-14-20-17(18(24)25-16-4-2-1-3-5-16)22-12-10-21(11-13-22)15-6-8-19-9-7-15;/h6-9,14,16-17H,1-5,10-13H2,(H,20,23);1H. The molecule has 1 aromatic rings. The molecule has 1 saturated heterocycles. The molecule has 1 saturated carbocycles. The summed E-state index contributed by atoms with van der Waals surface area (Å²) in [6, 6.07) is 3.96. The number of rotatable bonds is 6. The SMILES string of the molecule is Cl.O=CNC(C(=O)OC1CCCCC1)N1CCN(c2ccncc2)CC1. The number of aromatic nitrogens is 1. The molecule has 1 N–H and O–H groups in total. The zero-order valence-electron chi connectivity index (χ0n) is 14.9. The van der Waals surface area contributed by atoms with Crippen LogP contribution in [0.15, 0.2) is 24.5 Å². The van der Waals surface area contributed by atoms with Crippen molar-refractivity contribution >= 4 is 30.5 Å². The summed E-state index contributed by atoms with van der Waals surface area (Å²) in [5, 5.41) is 2.64. The van der Waals surface area contributed by atoms with Gasteiger partial charge in [-0.2, -0.15) is 0 Å². The molecule has 1 aromatic heterocycles. The number of ether oxygens (including phenoxy) is 1. The molecule has 1 aliphatic carbocycles. The minimum absolute atomic E-state index is 0. The number of nitrogens with one attached hydrogen (secondary N) is 1. The van der Waals surface area contributed by atoms with Gasteiger partial charge in [0.15, 0.2) is 6.17 Å². The maximum Gasteiger partial charge on any atom is 0.344 e. The topological polar surface area (TPSA) is 74.8 Å². The molecule has 2 aliphatic rings. The van der Waals surface area contributed by atoms with Crippen LogP contribution < -0.4 is 10.2 Å². The third kappa shape index (κ3) is 5.32. The zero-order chi connectivity index (χ0) is 17.5. The summed E-state index contributed by atoms with van der Waals surface area (Å²) in [5.41, 5.74) is 1.12. The number of pyridine rings is 1. The molecule has 3 rings (SSSR count). The van der Waals surface area contributed by atoms with E-state index in [4.69, 9.17) is 4.74 Å². The van der Waals surface area contributed by atoms with Crippen molar-refractivity contribution in [2.45, 2.75) is 44.4 Å². The van der Waals surface area contributed by atoms with E-state index in [1.807, 2.05) is 17.0 Å². The molecule has 144 valence electrons. The summed E-state index contributed by atoms with van der Waals surface area (Å²) < 4.78 is 5.65. The number of nitrogens with zero attached hydrogens (tertiary/aromatic N) is 3. The third-order valence-corrected chi connectivity index (χ3v) is 4.99. The minimum Gasteiger partial charge on any atom is -0.460 e. The molecule has 8 heteroatoms. The average Bonchev–Trinajstić information content (AvgIpc) is 2.68. The van der Waals surface area contributed by atoms with Crippen LogP contribution in [0.3, 0.4) is 0 Å². The molecule has 26 heavy (non-hydrogen) atoms. The second-order valence-corrected chi connectivity index (χ2v) is 6.61. The summed E-state index contributed by atoms with van der Waals surface area (Å²) in [7, 11) is 0. The number of carbonyl (C=O) groups is 2. The molecular weight excluding hydrogens is 356 g/mol. The molecule has 1 aliphatic heterocycles. The molecule has 0 spiro atoms. The van der Waals surface area contributed by atoms with Gasteiger partial charge in [0, 0.05) is 44.3 Å². The van der Waals surface area contributed by atoms with Gasteiger partial charge in [-0.3, -0.25) is 14.7 Å². The summed E-state index contributed by atoms with van der Waals surface area (Å²) in [6.07, 6.45) is 8.71. The Morgan fingerprint density at radius 3 is 2.42 bits per heavy atom. The lowest BCUT2D eigenvalue weighted by Gasteiger charge is -2.39. The predicted octanol–water partition coefficient (Wildman–Crippen LogP) is 1.57. The van der Waals surface area contributed by atoms with E-state index in [-0.39, 0.29) is 24.5 Å². The molecule has 7 nitrogen and oxygen atoms in total. The minimum atomic E-state index is -0.695. The number of anilines is 1. The summed E-state index contributed by atoms with van der Waals surface area (Å²) in [4.78, 5) is 31.8. The van der Waals surface area contributed by atoms with Gasteiger partial charge in [-0.15, -0.1) is 12.4 Å². The van der Waals surface area contributed by atoms with Crippen molar-refractivity contribution in [3.63, 3.8) is 0 Å². The molecular formula is C18H27ClN4O3. The average molecular weight is 383 g/mol. The monoisotopic (exact) mass is 382 g/mol. The molecule has 2 heterocycles. The van der Waals surface area contributed by atoms with Crippen molar-refractivity contribution in [2.24, 2.45) is 0 Å². The molecule has 2 fully saturated rings. The lowest BCUT2D eigenvalue weighted by Crippen LogP contribution is -2.58.